The van der Waals surface area contributed by atoms with Crippen molar-refractivity contribution in [2.45, 2.75) is 32.6 Å². The highest BCUT2D eigenvalue weighted by Gasteiger charge is 2.07. The van der Waals surface area contributed by atoms with Crippen LogP contribution in [0.3, 0.4) is 0 Å². The lowest BCUT2D eigenvalue weighted by Gasteiger charge is -2.08. The molecule has 2 aromatic rings. The molecule has 23 heavy (non-hydrogen) atoms. The Morgan fingerprint density at radius 2 is 1.74 bits per heavy atom. The molecule has 2 N–H and O–H groups in total. The van der Waals surface area contributed by atoms with Crippen LogP contribution in [0.2, 0.25) is 0 Å². The molecule has 0 heterocycles. The molecule has 0 saturated carbocycles. The van der Waals surface area contributed by atoms with E-state index in [0.717, 1.165) is 18.4 Å². The van der Waals surface area contributed by atoms with Gasteiger partial charge in [-0.2, -0.15) is 0 Å². The van der Waals surface area contributed by atoms with E-state index in [1.807, 2.05) is 42.5 Å². The minimum atomic E-state index is -0.827. The molecule has 0 spiro atoms. The molecule has 0 atom stereocenters. The molecule has 0 fully saturated rings. The van der Waals surface area contributed by atoms with E-state index in [-0.39, 0.29) is 12.3 Å². The highest BCUT2D eigenvalue weighted by atomic mass is 16.4. The fourth-order valence-corrected chi connectivity index (χ4v) is 2.37. The second-order valence-corrected chi connectivity index (χ2v) is 5.50. The number of carboxylic acid groups (broad SMARTS) is 1. The summed E-state index contributed by atoms with van der Waals surface area (Å²) in [5.74, 6) is -0.991. The second kappa shape index (κ2) is 8.13. The zero-order valence-electron chi connectivity index (χ0n) is 13.2. The number of benzene rings is 2. The summed E-state index contributed by atoms with van der Waals surface area (Å²) in [6.07, 6.45) is 2.61. The third kappa shape index (κ3) is 5.25. The lowest BCUT2D eigenvalue weighted by molar-refractivity contribution is -0.136. The molecule has 1 amide bonds. The van der Waals surface area contributed by atoms with Crippen LogP contribution in [0.5, 0.6) is 0 Å². The van der Waals surface area contributed by atoms with E-state index in [4.69, 9.17) is 5.11 Å². The molecule has 0 aliphatic heterocycles. The van der Waals surface area contributed by atoms with E-state index in [0.29, 0.717) is 17.7 Å². The lowest BCUT2D eigenvalue weighted by atomic mass is 10.1. The lowest BCUT2D eigenvalue weighted by Crippen LogP contribution is -2.12. The number of carboxylic acids is 1. The number of hydrogen-bond donors (Lipinski definition) is 2. The average molecular weight is 311 g/mol. The van der Waals surface area contributed by atoms with E-state index in [9.17, 15) is 9.59 Å². The molecular formula is C19H21NO3. The van der Waals surface area contributed by atoms with Gasteiger partial charge in [-0.25, -0.2) is 0 Å². The van der Waals surface area contributed by atoms with Gasteiger partial charge < -0.3 is 10.4 Å². The van der Waals surface area contributed by atoms with E-state index >= 15 is 0 Å². The van der Waals surface area contributed by atoms with Crippen molar-refractivity contribution < 1.29 is 14.7 Å². The molecule has 0 aliphatic carbocycles. The molecule has 0 aliphatic rings. The number of nitrogens with one attached hydrogen (secondary N) is 1. The monoisotopic (exact) mass is 311 g/mol. The Labute approximate surface area is 136 Å². The first-order chi connectivity index (χ1) is 11.1. The molecule has 0 bridgehead atoms. The van der Waals surface area contributed by atoms with Crippen LogP contribution in [0.4, 0.5) is 5.69 Å². The van der Waals surface area contributed by atoms with Gasteiger partial charge in [-0.05, 0) is 48.2 Å². The molecular weight excluding hydrogens is 290 g/mol. The number of aliphatic carboxylic acids is 1. The summed E-state index contributed by atoms with van der Waals surface area (Å²) in [5.41, 5.74) is 3.40. The second-order valence-electron chi connectivity index (χ2n) is 5.50. The van der Waals surface area contributed by atoms with Gasteiger partial charge in [0.1, 0.15) is 0 Å². The van der Waals surface area contributed by atoms with Crippen molar-refractivity contribution in [1.82, 2.24) is 0 Å². The first-order valence-electron chi connectivity index (χ1n) is 7.79. The maximum atomic E-state index is 12.3. The number of carbonyl (C=O) groups excluding carboxylic acids is 1. The summed E-state index contributed by atoms with van der Waals surface area (Å²) in [6.45, 7) is 2.12. The molecule has 0 aromatic heterocycles. The number of carbonyl (C=O) groups is 2. The molecule has 0 unspecified atom stereocenters. The van der Waals surface area contributed by atoms with Gasteiger partial charge in [-0.15, -0.1) is 0 Å². The number of anilines is 1. The maximum absolute atomic E-state index is 12.3. The van der Waals surface area contributed by atoms with Crippen molar-refractivity contribution in [1.29, 1.82) is 0 Å². The van der Waals surface area contributed by atoms with Crippen molar-refractivity contribution in [3.8, 4) is 0 Å². The van der Waals surface area contributed by atoms with Crippen LogP contribution >= 0.6 is 0 Å². The normalized spacial score (nSPS) is 10.3. The molecule has 120 valence electrons. The third-order valence-electron chi connectivity index (χ3n) is 3.57. The summed E-state index contributed by atoms with van der Waals surface area (Å²) in [4.78, 5) is 22.9. The Morgan fingerprint density at radius 3 is 2.39 bits per heavy atom. The Kier molecular flexibility index (Phi) is 5.92. The Bertz CT molecular complexity index is 677. The fourth-order valence-electron chi connectivity index (χ4n) is 2.37. The van der Waals surface area contributed by atoms with E-state index in [1.165, 1.54) is 5.56 Å². The van der Waals surface area contributed by atoms with Gasteiger partial charge in [-0.3, -0.25) is 9.59 Å². The van der Waals surface area contributed by atoms with Crippen molar-refractivity contribution in [2.75, 3.05) is 5.32 Å². The Morgan fingerprint density at radius 1 is 1.00 bits per heavy atom. The van der Waals surface area contributed by atoms with Crippen molar-refractivity contribution in [3.05, 3.63) is 65.2 Å². The first kappa shape index (κ1) is 16.7. The molecule has 4 heteroatoms. The van der Waals surface area contributed by atoms with Gasteiger partial charge in [-0.1, -0.05) is 37.6 Å². The zero-order chi connectivity index (χ0) is 16.7. The standard InChI is InChI=1S/C19H21NO3/c1-2-4-14-7-10-16(11-8-14)19(23)20-17-6-3-5-15(13-17)9-12-18(21)22/h3,5-8,10-11,13H,2,4,9,12H2,1H3,(H,20,23)(H,21,22). The van der Waals surface area contributed by atoms with Crippen molar-refractivity contribution in [2.24, 2.45) is 0 Å². The summed E-state index contributed by atoms with van der Waals surface area (Å²) in [5, 5.41) is 11.6. The number of hydrogen-bond acceptors (Lipinski definition) is 2. The molecule has 0 radical (unpaired) electrons. The van der Waals surface area contributed by atoms with Gasteiger partial charge in [0.2, 0.25) is 0 Å². The summed E-state index contributed by atoms with van der Waals surface area (Å²) >= 11 is 0. The van der Waals surface area contributed by atoms with Crippen LogP contribution in [0.1, 0.15) is 41.3 Å². The molecule has 2 aromatic carbocycles. The van der Waals surface area contributed by atoms with Gasteiger partial charge in [0.15, 0.2) is 0 Å². The van der Waals surface area contributed by atoms with Crippen LogP contribution in [0.25, 0.3) is 0 Å². The smallest absolute Gasteiger partial charge is 0.303 e. The first-order valence-corrected chi connectivity index (χ1v) is 7.79. The van der Waals surface area contributed by atoms with Crippen LogP contribution in [-0.2, 0) is 17.6 Å². The van der Waals surface area contributed by atoms with Gasteiger partial charge in [0, 0.05) is 17.7 Å². The van der Waals surface area contributed by atoms with E-state index < -0.39 is 5.97 Å². The zero-order valence-corrected chi connectivity index (χ0v) is 13.2. The number of rotatable bonds is 7. The predicted molar refractivity (Wildman–Crippen MR) is 90.8 cm³/mol. The highest BCUT2D eigenvalue weighted by Crippen LogP contribution is 2.14. The molecule has 2 rings (SSSR count). The predicted octanol–water partition coefficient (Wildman–Crippen LogP) is 3.91. The average Bonchev–Trinajstić information content (AvgIpc) is 2.54. The molecule has 4 nitrogen and oxygen atoms in total. The Hall–Kier alpha value is -2.62. The topological polar surface area (TPSA) is 66.4 Å². The quantitative estimate of drug-likeness (QED) is 0.814. The van der Waals surface area contributed by atoms with Crippen molar-refractivity contribution in [3.63, 3.8) is 0 Å². The summed E-state index contributed by atoms with van der Waals surface area (Å²) in [6, 6.07) is 14.9. The summed E-state index contributed by atoms with van der Waals surface area (Å²) in [7, 11) is 0. The minimum Gasteiger partial charge on any atom is -0.481 e. The van der Waals surface area contributed by atoms with E-state index in [1.54, 1.807) is 6.07 Å². The van der Waals surface area contributed by atoms with E-state index in [2.05, 4.69) is 12.2 Å². The largest absolute Gasteiger partial charge is 0.481 e. The maximum Gasteiger partial charge on any atom is 0.303 e. The minimum absolute atomic E-state index is 0.0797. The molecule has 0 saturated heterocycles. The summed E-state index contributed by atoms with van der Waals surface area (Å²) < 4.78 is 0. The van der Waals surface area contributed by atoms with Crippen LogP contribution in [-0.4, -0.2) is 17.0 Å². The van der Waals surface area contributed by atoms with Crippen LogP contribution in [0.15, 0.2) is 48.5 Å². The fraction of sp³-hybridized carbons (Fsp3) is 0.263. The van der Waals surface area contributed by atoms with Gasteiger partial charge >= 0.3 is 5.97 Å². The highest BCUT2D eigenvalue weighted by molar-refractivity contribution is 6.04. The van der Waals surface area contributed by atoms with Gasteiger partial charge in [0.25, 0.3) is 5.91 Å². The van der Waals surface area contributed by atoms with Crippen LogP contribution in [0, 0.1) is 0 Å². The van der Waals surface area contributed by atoms with Crippen molar-refractivity contribution >= 4 is 17.6 Å². The Balaban J connectivity index is 2.01. The SMILES string of the molecule is CCCc1ccc(C(=O)Nc2cccc(CCC(=O)O)c2)cc1. The van der Waals surface area contributed by atoms with Gasteiger partial charge in [0.05, 0.1) is 0 Å². The third-order valence-corrected chi connectivity index (χ3v) is 3.57. The number of amides is 1. The number of aryl methyl sites for hydroxylation is 2. The van der Waals surface area contributed by atoms with Crippen LogP contribution < -0.4 is 5.32 Å².